The first-order chi connectivity index (χ1) is 32.1. The Morgan fingerprint density at radius 2 is 0.692 bits per heavy atom. The predicted octanol–water partition coefficient (Wildman–Crippen LogP) is 17.3. The minimum absolute atomic E-state index is 0.358. The highest BCUT2D eigenvalue weighted by molar-refractivity contribution is 6.25. The molecule has 1 aliphatic carbocycles. The molecule has 0 heterocycles. The summed E-state index contributed by atoms with van der Waals surface area (Å²) in [5.41, 5.74) is 12.9. The molecule has 0 amide bonds. The van der Waals surface area contributed by atoms with Gasteiger partial charge in [-0.25, -0.2) is 0 Å². The van der Waals surface area contributed by atoms with Crippen LogP contribution in [0.1, 0.15) is 22.3 Å². The Hall–Kier alpha value is -8.06. The van der Waals surface area contributed by atoms with E-state index < -0.39 is 0 Å². The van der Waals surface area contributed by atoms with Gasteiger partial charge < -0.3 is 0 Å². The van der Waals surface area contributed by atoms with Crippen molar-refractivity contribution in [3.63, 3.8) is 0 Å². The Bertz CT molecular complexity index is 3890. The van der Waals surface area contributed by atoms with E-state index in [0.717, 1.165) is 12.8 Å². The van der Waals surface area contributed by atoms with E-state index in [1.165, 1.54) is 131 Å². The maximum atomic E-state index is 2.59. The van der Waals surface area contributed by atoms with Gasteiger partial charge in [0.15, 0.2) is 0 Å². The fourth-order valence-corrected chi connectivity index (χ4v) is 11.9. The van der Waals surface area contributed by atoms with E-state index in [4.69, 9.17) is 0 Å². The first-order valence-electron chi connectivity index (χ1n) is 23.0. The maximum absolute atomic E-state index is 2.59. The van der Waals surface area contributed by atoms with Crippen molar-refractivity contribution in [2.24, 2.45) is 0 Å². The molecule has 0 fully saturated rings. The van der Waals surface area contributed by atoms with Crippen LogP contribution in [0.3, 0.4) is 0 Å². The second kappa shape index (κ2) is 14.0. The first-order valence-corrected chi connectivity index (χ1v) is 23.0. The number of hydrogen-bond acceptors (Lipinski definition) is 0. The molecule has 0 spiro atoms. The summed E-state index contributed by atoms with van der Waals surface area (Å²) in [5, 5.41) is 18.1. The zero-order valence-electron chi connectivity index (χ0n) is 35.9. The molecule has 0 aliphatic heterocycles. The lowest BCUT2D eigenvalue weighted by molar-refractivity contribution is 0.520. The average Bonchev–Trinajstić information content (AvgIpc) is 3.61. The molecule has 0 radical (unpaired) electrons. The van der Waals surface area contributed by atoms with Crippen molar-refractivity contribution in [1.29, 1.82) is 0 Å². The average molecular weight is 823 g/mol. The van der Waals surface area contributed by atoms with Gasteiger partial charge in [0.2, 0.25) is 0 Å². The highest BCUT2D eigenvalue weighted by Crippen LogP contribution is 2.55. The van der Waals surface area contributed by atoms with Crippen molar-refractivity contribution in [3.8, 4) is 33.4 Å². The van der Waals surface area contributed by atoms with Gasteiger partial charge in [-0.15, -0.1) is 0 Å². The smallest absolute Gasteiger partial charge is 0.0296 e. The summed E-state index contributed by atoms with van der Waals surface area (Å²) >= 11 is 0. The third-order valence-electron chi connectivity index (χ3n) is 14.9. The topological polar surface area (TPSA) is 0 Å². The zero-order valence-corrected chi connectivity index (χ0v) is 35.9. The molecule has 0 bridgehead atoms. The van der Waals surface area contributed by atoms with Gasteiger partial charge in [-0.1, -0.05) is 188 Å². The third-order valence-corrected chi connectivity index (χ3v) is 14.9. The number of benzene rings is 13. The second-order valence-electron chi connectivity index (χ2n) is 18.5. The second-order valence-corrected chi connectivity index (χ2v) is 18.5. The van der Waals surface area contributed by atoms with Crippen molar-refractivity contribution in [1.82, 2.24) is 0 Å². The Morgan fingerprint density at radius 1 is 0.262 bits per heavy atom. The van der Waals surface area contributed by atoms with Crippen LogP contribution in [0.5, 0.6) is 0 Å². The number of fused-ring (bicyclic) bond motifs is 7. The fraction of sp³-hybridized carbons (Fsp3) is 0.0462. The molecule has 13 aromatic rings. The van der Waals surface area contributed by atoms with Crippen LogP contribution in [-0.2, 0) is 18.3 Å². The van der Waals surface area contributed by atoms with Crippen molar-refractivity contribution < 1.29 is 0 Å². The summed E-state index contributed by atoms with van der Waals surface area (Å²) in [5.74, 6) is 0. The lowest BCUT2D eigenvalue weighted by Gasteiger charge is -2.34. The molecule has 0 heteroatoms. The van der Waals surface area contributed by atoms with E-state index in [-0.39, 0.29) is 5.41 Å². The highest BCUT2D eigenvalue weighted by Gasteiger charge is 2.44. The summed E-state index contributed by atoms with van der Waals surface area (Å²) in [7, 11) is 0. The van der Waals surface area contributed by atoms with E-state index >= 15 is 0 Å². The minimum Gasteiger partial charge on any atom is -0.0622 e. The molecule has 13 aromatic carbocycles. The summed E-state index contributed by atoms with van der Waals surface area (Å²) in [4.78, 5) is 0. The normalized spacial score (nSPS) is 13.2. The SMILES string of the molecule is c1ccc(CC2(Cc3ccccc3)c3cc(-c4c5cc6ccccc6cc5cc5cc6ccccc6cc45)ccc3-c3ccc(-c4ccc5ccc6cccc7ccc4c5c67)cc32)cc1. The molecule has 1 aliphatic rings. The zero-order chi connectivity index (χ0) is 42.6. The summed E-state index contributed by atoms with van der Waals surface area (Å²) in [6.07, 6.45) is 1.75. The molecule has 0 saturated heterocycles. The molecule has 65 heavy (non-hydrogen) atoms. The Kier molecular flexibility index (Phi) is 7.83. The largest absolute Gasteiger partial charge is 0.0622 e. The lowest BCUT2D eigenvalue weighted by atomic mass is 9.69. The van der Waals surface area contributed by atoms with Crippen LogP contribution in [0, 0.1) is 0 Å². The summed E-state index contributed by atoms with van der Waals surface area (Å²) in [6, 6.07) is 87.5. The van der Waals surface area contributed by atoms with Gasteiger partial charge in [0.05, 0.1) is 0 Å². The van der Waals surface area contributed by atoms with Crippen LogP contribution in [-0.4, -0.2) is 0 Å². The van der Waals surface area contributed by atoms with Crippen molar-refractivity contribution in [2.75, 3.05) is 0 Å². The van der Waals surface area contributed by atoms with Crippen LogP contribution in [0.15, 0.2) is 231 Å². The van der Waals surface area contributed by atoms with Gasteiger partial charge in [-0.3, -0.25) is 0 Å². The molecule has 0 nitrogen and oxygen atoms in total. The monoisotopic (exact) mass is 822 g/mol. The molecule has 0 atom stereocenters. The van der Waals surface area contributed by atoms with Crippen LogP contribution in [0.2, 0.25) is 0 Å². The maximum Gasteiger partial charge on any atom is 0.0296 e. The first kappa shape index (κ1) is 36.4. The molecule has 0 saturated carbocycles. The van der Waals surface area contributed by atoms with E-state index in [0.29, 0.717) is 0 Å². The molecular formula is C65H42. The van der Waals surface area contributed by atoms with Gasteiger partial charge in [-0.2, -0.15) is 0 Å². The minimum atomic E-state index is -0.358. The molecule has 0 aromatic heterocycles. The Morgan fingerprint density at radius 3 is 1.28 bits per heavy atom. The van der Waals surface area contributed by atoms with Gasteiger partial charge >= 0.3 is 0 Å². The molecule has 0 N–H and O–H groups in total. The molecular weight excluding hydrogens is 781 g/mol. The van der Waals surface area contributed by atoms with E-state index in [2.05, 4.69) is 231 Å². The Labute approximate surface area is 378 Å². The summed E-state index contributed by atoms with van der Waals surface area (Å²) in [6.45, 7) is 0. The van der Waals surface area contributed by atoms with Crippen molar-refractivity contribution in [3.05, 3.63) is 253 Å². The molecule has 14 rings (SSSR count). The quantitative estimate of drug-likeness (QED) is 0.116. The van der Waals surface area contributed by atoms with Crippen molar-refractivity contribution in [2.45, 2.75) is 18.3 Å². The van der Waals surface area contributed by atoms with Crippen LogP contribution < -0.4 is 0 Å². The van der Waals surface area contributed by atoms with Crippen LogP contribution in [0.25, 0.3) is 109 Å². The van der Waals surface area contributed by atoms with E-state index in [1.807, 2.05) is 0 Å². The summed E-state index contributed by atoms with van der Waals surface area (Å²) < 4.78 is 0. The van der Waals surface area contributed by atoms with Gasteiger partial charge in [0, 0.05) is 5.41 Å². The van der Waals surface area contributed by atoms with Gasteiger partial charge in [0.1, 0.15) is 0 Å². The van der Waals surface area contributed by atoms with E-state index in [1.54, 1.807) is 0 Å². The third kappa shape index (κ3) is 5.57. The lowest BCUT2D eigenvalue weighted by Crippen LogP contribution is -2.31. The predicted molar refractivity (Wildman–Crippen MR) is 278 cm³/mol. The van der Waals surface area contributed by atoms with Gasteiger partial charge in [-0.05, 0) is 186 Å². The molecule has 0 unspecified atom stereocenters. The van der Waals surface area contributed by atoms with Crippen LogP contribution >= 0.6 is 0 Å². The number of hydrogen-bond donors (Lipinski definition) is 0. The number of rotatable bonds is 6. The van der Waals surface area contributed by atoms with E-state index in [9.17, 15) is 0 Å². The molecule has 302 valence electrons. The fourth-order valence-electron chi connectivity index (χ4n) is 11.9. The van der Waals surface area contributed by atoms with Crippen LogP contribution in [0.4, 0.5) is 0 Å². The van der Waals surface area contributed by atoms with Gasteiger partial charge in [0.25, 0.3) is 0 Å². The van der Waals surface area contributed by atoms with Crippen molar-refractivity contribution >= 4 is 75.4 Å². The standard InChI is InChI=1S/C65H42/c1-3-12-41(13-4-1)39-65(40-42-14-5-2-6-15-42)60-37-50(54-28-24-45-23-22-43-20-11-21-44-25-31-57(54)64(45)62(43)44)26-29-55(60)56-30-27-51(38-61(56)65)63-58-35-48-18-9-7-16-46(48)32-52(58)34-53-33-47-17-8-10-19-49(47)36-59(53)63/h1-38H,39-40H2. The Balaban J connectivity index is 1.05. The highest BCUT2D eigenvalue weighted by atomic mass is 14.5.